The number of carbonyl (C=O) groups is 1. The molecule has 3 rings (SSSR count). The lowest BCUT2D eigenvalue weighted by molar-refractivity contribution is -0.385. The molecule has 0 saturated heterocycles. The van der Waals surface area contributed by atoms with Gasteiger partial charge in [-0.05, 0) is 30.5 Å². The van der Waals surface area contributed by atoms with Crippen molar-refractivity contribution in [2.75, 3.05) is 5.32 Å². The number of rotatable bonds is 3. The van der Waals surface area contributed by atoms with Gasteiger partial charge in [-0.25, -0.2) is 0 Å². The number of phenols is 1. The van der Waals surface area contributed by atoms with Gasteiger partial charge in [-0.2, -0.15) is 0 Å². The number of aryl methyl sites for hydroxylation is 1. The topological polar surface area (TPSA) is 92.5 Å². The fourth-order valence-corrected chi connectivity index (χ4v) is 2.58. The minimum atomic E-state index is -0.493. The summed E-state index contributed by atoms with van der Waals surface area (Å²) in [5.41, 5.74) is 0.953. The van der Waals surface area contributed by atoms with Gasteiger partial charge in [-0.15, -0.1) is 0 Å². The highest BCUT2D eigenvalue weighted by Crippen LogP contribution is 2.32. The summed E-state index contributed by atoms with van der Waals surface area (Å²) in [6.45, 7) is 1.57. The number of nitro groups is 1. The van der Waals surface area contributed by atoms with Crippen molar-refractivity contribution in [3.63, 3.8) is 0 Å². The van der Waals surface area contributed by atoms with Crippen molar-refractivity contribution in [3.8, 4) is 5.75 Å². The number of nitrogens with one attached hydrogen (secondary N) is 1. The van der Waals surface area contributed by atoms with E-state index in [0.717, 1.165) is 5.39 Å². The van der Waals surface area contributed by atoms with Crippen molar-refractivity contribution in [2.24, 2.45) is 0 Å². The number of hydrogen-bond donors (Lipinski definition) is 2. The van der Waals surface area contributed by atoms with E-state index in [2.05, 4.69) is 5.32 Å². The number of carbonyl (C=O) groups excluding carboxylic acids is 1. The fraction of sp³-hybridized carbons (Fsp3) is 0.0556. The van der Waals surface area contributed by atoms with E-state index in [1.165, 1.54) is 24.3 Å². The minimum Gasteiger partial charge on any atom is -0.506 e. The molecular weight excluding hydrogens is 308 g/mol. The molecule has 0 aliphatic rings. The van der Waals surface area contributed by atoms with Gasteiger partial charge in [0.25, 0.3) is 11.6 Å². The zero-order chi connectivity index (χ0) is 17.3. The summed E-state index contributed by atoms with van der Waals surface area (Å²) in [4.78, 5) is 22.8. The van der Waals surface area contributed by atoms with Crippen LogP contribution in [0, 0.1) is 17.0 Å². The summed E-state index contributed by atoms with van der Waals surface area (Å²) in [6.07, 6.45) is 0. The normalized spacial score (nSPS) is 10.5. The van der Waals surface area contributed by atoms with E-state index in [1.54, 1.807) is 19.1 Å². The Hall–Kier alpha value is -3.41. The first-order valence-electron chi connectivity index (χ1n) is 7.24. The molecule has 0 radical (unpaired) electrons. The first-order valence-corrected chi connectivity index (χ1v) is 7.24. The van der Waals surface area contributed by atoms with E-state index in [0.29, 0.717) is 16.6 Å². The SMILES string of the molecule is Cc1cc(C(=O)Nc2c(O)ccc3ccccc23)ccc1[N+](=O)[O-]. The third kappa shape index (κ3) is 2.77. The minimum absolute atomic E-state index is 0.0410. The van der Waals surface area contributed by atoms with Crippen LogP contribution in [-0.2, 0) is 0 Å². The molecule has 6 nitrogen and oxygen atoms in total. The van der Waals surface area contributed by atoms with Crippen LogP contribution in [0.2, 0.25) is 0 Å². The van der Waals surface area contributed by atoms with Gasteiger partial charge in [0.05, 0.1) is 10.6 Å². The second-order valence-corrected chi connectivity index (χ2v) is 5.39. The highest BCUT2D eigenvalue weighted by molar-refractivity contribution is 6.10. The lowest BCUT2D eigenvalue weighted by Gasteiger charge is -2.11. The quantitative estimate of drug-likeness (QED) is 0.433. The standard InChI is InChI=1S/C18H14N2O4/c1-11-10-13(6-8-15(11)20(23)24)18(22)19-17-14-5-3-2-4-12(14)7-9-16(17)21/h2-10,21H,1H3,(H,19,22). The zero-order valence-corrected chi connectivity index (χ0v) is 12.8. The molecule has 0 fully saturated rings. The van der Waals surface area contributed by atoms with E-state index in [4.69, 9.17) is 0 Å². The maximum atomic E-state index is 12.5. The average molecular weight is 322 g/mol. The van der Waals surface area contributed by atoms with Crippen molar-refractivity contribution < 1.29 is 14.8 Å². The van der Waals surface area contributed by atoms with Gasteiger partial charge in [-0.3, -0.25) is 14.9 Å². The molecule has 24 heavy (non-hydrogen) atoms. The van der Waals surface area contributed by atoms with Gasteiger partial charge in [-0.1, -0.05) is 30.3 Å². The molecule has 0 heterocycles. The highest BCUT2D eigenvalue weighted by Gasteiger charge is 2.16. The van der Waals surface area contributed by atoms with Gasteiger partial charge < -0.3 is 10.4 Å². The number of aromatic hydroxyl groups is 1. The molecule has 0 aliphatic carbocycles. The maximum Gasteiger partial charge on any atom is 0.272 e. The lowest BCUT2D eigenvalue weighted by atomic mass is 10.1. The molecular formula is C18H14N2O4. The van der Waals surface area contributed by atoms with E-state index in [9.17, 15) is 20.0 Å². The first-order chi connectivity index (χ1) is 11.5. The molecule has 0 saturated carbocycles. The number of hydrogen-bond acceptors (Lipinski definition) is 4. The molecule has 1 amide bonds. The first kappa shape index (κ1) is 15.5. The summed E-state index contributed by atoms with van der Waals surface area (Å²) in [5.74, 6) is -0.486. The Morgan fingerprint density at radius 3 is 2.58 bits per heavy atom. The van der Waals surface area contributed by atoms with E-state index < -0.39 is 10.8 Å². The Morgan fingerprint density at radius 2 is 1.88 bits per heavy atom. The second kappa shape index (κ2) is 6.00. The predicted octanol–water partition coefficient (Wildman–Crippen LogP) is 4.01. The van der Waals surface area contributed by atoms with Gasteiger partial charge in [0.2, 0.25) is 0 Å². The number of benzene rings is 3. The van der Waals surface area contributed by atoms with Crippen LogP contribution in [0.5, 0.6) is 5.75 Å². The summed E-state index contributed by atoms with van der Waals surface area (Å²) >= 11 is 0. The molecule has 3 aromatic rings. The Labute approximate surface area is 137 Å². The van der Waals surface area contributed by atoms with E-state index in [-0.39, 0.29) is 17.0 Å². The van der Waals surface area contributed by atoms with Gasteiger partial charge in [0.15, 0.2) is 0 Å². The van der Waals surface area contributed by atoms with Crippen molar-refractivity contribution in [1.82, 2.24) is 0 Å². The molecule has 0 aromatic heterocycles. The average Bonchev–Trinajstić information content (AvgIpc) is 2.57. The molecule has 2 N–H and O–H groups in total. The van der Waals surface area contributed by atoms with Gasteiger partial charge in [0.1, 0.15) is 5.75 Å². The number of amides is 1. The Bertz CT molecular complexity index is 966. The van der Waals surface area contributed by atoms with Crippen LogP contribution in [-0.4, -0.2) is 15.9 Å². The third-order valence-corrected chi connectivity index (χ3v) is 3.80. The van der Waals surface area contributed by atoms with Crippen molar-refractivity contribution in [3.05, 3.63) is 75.8 Å². The Kier molecular flexibility index (Phi) is 3.87. The highest BCUT2D eigenvalue weighted by atomic mass is 16.6. The van der Waals surface area contributed by atoms with Crippen LogP contribution in [0.4, 0.5) is 11.4 Å². The van der Waals surface area contributed by atoms with E-state index in [1.807, 2.05) is 18.2 Å². The molecule has 0 bridgehead atoms. The fourth-order valence-electron chi connectivity index (χ4n) is 2.58. The Morgan fingerprint density at radius 1 is 1.12 bits per heavy atom. The van der Waals surface area contributed by atoms with Crippen LogP contribution in [0.25, 0.3) is 10.8 Å². The van der Waals surface area contributed by atoms with Gasteiger partial charge >= 0.3 is 0 Å². The second-order valence-electron chi connectivity index (χ2n) is 5.39. The maximum absolute atomic E-state index is 12.5. The monoisotopic (exact) mass is 322 g/mol. The zero-order valence-electron chi connectivity index (χ0n) is 12.8. The van der Waals surface area contributed by atoms with Crippen LogP contribution >= 0.6 is 0 Å². The van der Waals surface area contributed by atoms with Crippen LogP contribution in [0.3, 0.4) is 0 Å². The molecule has 3 aromatic carbocycles. The van der Waals surface area contributed by atoms with Crippen LogP contribution in [0.1, 0.15) is 15.9 Å². The van der Waals surface area contributed by atoms with Crippen molar-refractivity contribution in [2.45, 2.75) is 6.92 Å². The lowest BCUT2D eigenvalue weighted by Crippen LogP contribution is -2.12. The Balaban J connectivity index is 1.97. The molecule has 120 valence electrons. The van der Waals surface area contributed by atoms with Crippen LogP contribution in [0.15, 0.2) is 54.6 Å². The molecule has 0 unspecified atom stereocenters. The van der Waals surface area contributed by atoms with Gasteiger partial charge in [0, 0.05) is 22.6 Å². The predicted molar refractivity (Wildman–Crippen MR) is 91.4 cm³/mol. The number of phenolic OH excluding ortho intramolecular Hbond substituents is 1. The number of anilines is 1. The van der Waals surface area contributed by atoms with E-state index >= 15 is 0 Å². The molecule has 0 atom stereocenters. The largest absolute Gasteiger partial charge is 0.506 e. The van der Waals surface area contributed by atoms with Crippen LogP contribution < -0.4 is 5.32 Å². The molecule has 0 spiro atoms. The number of nitrogens with zero attached hydrogens (tertiary/aromatic N) is 1. The summed E-state index contributed by atoms with van der Waals surface area (Å²) in [7, 11) is 0. The van der Waals surface area contributed by atoms with Crippen molar-refractivity contribution >= 4 is 28.1 Å². The summed E-state index contributed by atoms with van der Waals surface area (Å²) in [5, 5.41) is 25.2. The smallest absolute Gasteiger partial charge is 0.272 e. The molecule has 6 heteroatoms. The summed E-state index contributed by atoms with van der Waals surface area (Å²) in [6, 6.07) is 14.8. The number of nitro benzene ring substituents is 1. The summed E-state index contributed by atoms with van der Waals surface area (Å²) < 4.78 is 0. The third-order valence-electron chi connectivity index (χ3n) is 3.80. The van der Waals surface area contributed by atoms with Crippen molar-refractivity contribution in [1.29, 1.82) is 0 Å². The molecule has 0 aliphatic heterocycles. The number of fused-ring (bicyclic) bond motifs is 1.